The average Bonchev–Trinajstić information content (AvgIpc) is 2.28. The molecule has 0 bridgehead atoms. The Kier molecular flexibility index (Phi) is 4.61. The molecule has 0 aliphatic heterocycles. The first-order valence-corrected chi connectivity index (χ1v) is 6.12. The van der Waals surface area contributed by atoms with E-state index in [-0.39, 0.29) is 6.04 Å². The zero-order valence-electron chi connectivity index (χ0n) is 11.5. The standard InChI is InChI=1S/C14H19ClN2O/c1-14(2,9-16)13(17(3)4)11-8-10(15)6-7-12(11)18-5/h6-8,13H,1-5H3. The molecule has 1 rings (SSSR count). The number of nitrogens with zero attached hydrogens (tertiary/aromatic N) is 2. The maximum Gasteiger partial charge on any atom is 0.123 e. The smallest absolute Gasteiger partial charge is 0.123 e. The van der Waals surface area contributed by atoms with Gasteiger partial charge in [-0.2, -0.15) is 5.26 Å². The lowest BCUT2D eigenvalue weighted by molar-refractivity contribution is 0.181. The van der Waals surface area contributed by atoms with Gasteiger partial charge in [0.2, 0.25) is 0 Å². The van der Waals surface area contributed by atoms with Crippen LogP contribution in [0.3, 0.4) is 0 Å². The molecule has 0 heterocycles. The predicted octanol–water partition coefficient (Wildman–Crippen LogP) is 3.50. The molecule has 4 heteroatoms. The molecule has 0 aromatic heterocycles. The zero-order valence-corrected chi connectivity index (χ0v) is 12.2. The van der Waals surface area contributed by atoms with Crippen LogP contribution in [0.25, 0.3) is 0 Å². The van der Waals surface area contributed by atoms with Gasteiger partial charge in [0, 0.05) is 10.6 Å². The minimum atomic E-state index is -0.540. The number of nitriles is 1. The fourth-order valence-electron chi connectivity index (χ4n) is 2.29. The van der Waals surface area contributed by atoms with E-state index in [0.717, 1.165) is 11.3 Å². The van der Waals surface area contributed by atoms with Crippen LogP contribution in [-0.2, 0) is 0 Å². The van der Waals surface area contributed by atoms with Gasteiger partial charge >= 0.3 is 0 Å². The first-order valence-electron chi connectivity index (χ1n) is 5.74. The normalized spacial score (nSPS) is 13.2. The van der Waals surface area contributed by atoms with Gasteiger partial charge < -0.3 is 9.64 Å². The SMILES string of the molecule is COc1ccc(Cl)cc1C(N(C)C)C(C)(C)C#N. The molecule has 1 unspecified atom stereocenters. The van der Waals surface area contributed by atoms with Gasteiger partial charge in [-0.15, -0.1) is 0 Å². The van der Waals surface area contributed by atoms with Gasteiger partial charge in [-0.25, -0.2) is 0 Å². The van der Waals surface area contributed by atoms with Crippen molar-refractivity contribution in [2.45, 2.75) is 19.9 Å². The number of benzene rings is 1. The Morgan fingerprint density at radius 2 is 2.00 bits per heavy atom. The number of rotatable bonds is 4. The van der Waals surface area contributed by atoms with Crippen LogP contribution in [0.1, 0.15) is 25.5 Å². The summed E-state index contributed by atoms with van der Waals surface area (Å²) in [5, 5.41) is 10.0. The highest BCUT2D eigenvalue weighted by atomic mass is 35.5. The van der Waals surface area contributed by atoms with Crippen molar-refractivity contribution < 1.29 is 4.74 Å². The summed E-state index contributed by atoms with van der Waals surface area (Å²) in [6.45, 7) is 3.83. The fraction of sp³-hybridized carbons (Fsp3) is 0.500. The van der Waals surface area contributed by atoms with E-state index in [2.05, 4.69) is 6.07 Å². The third-order valence-electron chi connectivity index (χ3n) is 2.97. The van der Waals surface area contributed by atoms with Crippen molar-refractivity contribution in [1.29, 1.82) is 5.26 Å². The molecule has 0 saturated heterocycles. The summed E-state index contributed by atoms with van der Waals surface area (Å²) in [7, 11) is 5.52. The third kappa shape index (κ3) is 2.95. The summed E-state index contributed by atoms with van der Waals surface area (Å²) in [5.74, 6) is 0.751. The van der Waals surface area contributed by atoms with Crippen LogP contribution in [0.2, 0.25) is 5.02 Å². The van der Waals surface area contributed by atoms with Crippen LogP contribution < -0.4 is 4.74 Å². The second-order valence-electron chi connectivity index (χ2n) is 5.09. The van der Waals surface area contributed by atoms with Gasteiger partial charge in [0.05, 0.1) is 24.6 Å². The Hall–Kier alpha value is -1.24. The van der Waals surface area contributed by atoms with Gasteiger partial charge in [0.25, 0.3) is 0 Å². The van der Waals surface area contributed by atoms with E-state index < -0.39 is 5.41 Å². The Morgan fingerprint density at radius 1 is 1.39 bits per heavy atom. The van der Waals surface area contributed by atoms with Crippen molar-refractivity contribution in [3.8, 4) is 11.8 Å². The minimum absolute atomic E-state index is 0.0869. The molecule has 3 nitrogen and oxygen atoms in total. The molecule has 0 aliphatic rings. The highest BCUT2D eigenvalue weighted by molar-refractivity contribution is 6.30. The largest absolute Gasteiger partial charge is 0.496 e. The Labute approximate surface area is 114 Å². The second kappa shape index (κ2) is 5.60. The number of halogens is 1. The second-order valence-corrected chi connectivity index (χ2v) is 5.52. The van der Waals surface area contributed by atoms with Gasteiger partial charge in [-0.3, -0.25) is 0 Å². The quantitative estimate of drug-likeness (QED) is 0.837. The van der Waals surface area contributed by atoms with Crippen molar-refractivity contribution in [1.82, 2.24) is 4.90 Å². The van der Waals surface area contributed by atoms with Gasteiger partial charge in [0.15, 0.2) is 0 Å². The van der Waals surface area contributed by atoms with Crippen LogP contribution >= 0.6 is 11.6 Å². The number of hydrogen-bond donors (Lipinski definition) is 0. The fourth-order valence-corrected chi connectivity index (χ4v) is 2.47. The first-order chi connectivity index (χ1) is 8.33. The number of ether oxygens (including phenoxy) is 1. The lowest BCUT2D eigenvalue weighted by atomic mass is 9.80. The summed E-state index contributed by atoms with van der Waals surface area (Å²) in [6, 6.07) is 7.75. The van der Waals surface area contributed by atoms with E-state index in [0.29, 0.717) is 5.02 Å². The molecule has 1 aromatic rings. The molecule has 98 valence electrons. The monoisotopic (exact) mass is 266 g/mol. The molecule has 0 aliphatic carbocycles. The van der Waals surface area contributed by atoms with Crippen LogP contribution in [-0.4, -0.2) is 26.1 Å². The summed E-state index contributed by atoms with van der Waals surface area (Å²) < 4.78 is 5.38. The molecule has 0 N–H and O–H groups in total. The molecule has 1 atom stereocenters. The molecule has 18 heavy (non-hydrogen) atoms. The molecule has 0 amide bonds. The average molecular weight is 267 g/mol. The van der Waals surface area contributed by atoms with E-state index >= 15 is 0 Å². The molecule has 0 spiro atoms. The molecular weight excluding hydrogens is 248 g/mol. The maximum atomic E-state index is 9.36. The molecular formula is C14H19ClN2O. The summed E-state index contributed by atoms with van der Waals surface area (Å²) in [5.41, 5.74) is 0.392. The maximum absolute atomic E-state index is 9.36. The third-order valence-corrected chi connectivity index (χ3v) is 3.21. The van der Waals surface area contributed by atoms with E-state index in [4.69, 9.17) is 16.3 Å². The highest BCUT2D eigenvalue weighted by Gasteiger charge is 2.34. The number of methoxy groups -OCH3 is 1. The first kappa shape index (κ1) is 14.8. The van der Waals surface area contributed by atoms with Gasteiger partial charge in [-0.05, 0) is 46.1 Å². The van der Waals surface area contributed by atoms with Crippen LogP contribution in [0.5, 0.6) is 5.75 Å². The van der Waals surface area contributed by atoms with E-state index in [9.17, 15) is 5.26 Å². The van der Waals surface area contributed by atoms with Crippen molar-refractivity contribution in [2.24, 2.45) is 5.41 Å². The van der Waals surface area contributed by atoms with Crippen molar-refractivity contribution in [3.05, 3.63) is 28.8 Å². The lowest BCUT2D eigenvalue weighted by Gasteiger charge is -2.35. The van der Waals surface area contributed by atoms with Crippen LogP contribution in [0.15, 0.2) is 18.2 Å². The summed E-state index contributed by atoms with van der Waals surface area (Å²) in [4.78, 5) is 2.01. The predicted molar refractivity (Wildman–Crippen MR) is 73.8 cm³/mol. The Balaban J connectivity index is 3.39. The molecule has 0 saturated carbocycles. The van der Waals surface area contributed by atoms with E-state index in [1.165, 1.54) is 0 Å². The van der Waals surface area contributed by atoms with Crippen LogP contribution in [0.4, 0.5) is 0 Å². The molecule has 1 aromatic carbocycles. The molecule has 0 radical (unpaired) electrons. The van der Waals surface area contributed by atoms with Crippen molar-refractivity contribution in [2.75, 3.05) is 21.2 Å². The Bertz CT molecular complexity index is 463. The van der Waals surface area contributed by atoms with Crippen LogP contribution in [0, 0.1) is 16.7 Å². The Morgan fingerprint density at radius 3 is 2.44 bits per heavy atom. The lowest BCUT2D eigenvalue weighted by Crippen LogP contribution is -2.32. The van der Waals surface area contributed by atoms with Crippen molar-refractivity contribution >= 4 is 11.6 Å². The summed E-state index contributed by atoms with van der Waals surface area (Å²) >= 11 is 6.06. The van der Waals surface area contributed by atoms with E-state index in [1.54, 1.807) is 13.2 Å². The zero-order chi connectivity index (χ0) is 13.9. The van der Waals surface area contributed by atoms with Gasteiger partial charge in [-0.1, -0.05) is 11.6 Å². The van der Waals surface area contributed by atoms with Crippen molar-refractivity contribution in [3.63, 3.8) is 0 Å². The topological polar surface area (TPSA) is 36.3 Å². The van der Waals surface area contributed by atoms with E-state index in [1.807, 2.05) is 45.0 Å². The minimum Gasteiger partial charge on any atom is -0.496 e. The summed E-state index contributed by atoms with van der Waals surface area (Å²) in [6.07, 6.45) is 0. The number of hydrogen-bond acceptors (Lipinski definition) is 3. The molecule has 0 fully saturated rings. The highest BCUT2D eigenvalue weighted by Crippen LogP contribution is 2.41. The van der Waals surface area contributed by atoms with Gasteiger partial charge in [0.1, 0.15) is 5.75 Å².